The molecule has 0 aromatic carbocycles. The zero-order valence-corrected chi connectivity index (χ0v) is 10.2. The smallest absolute Gasteiger partial charge is 0.141 e. The SMILES string of the molecule is CC(NCCC1=CCCC1)c1cncc(F)c1. The fourth-order valence-electron chi connectivity index (χ4n) is 2.20. The largest absolute Gasteiger partial charge is 0.310 e. The molecule has 1 aliphatic rings. The summed E-state index contributed by atoms with van der Waals surface area (Å²) < 4.78 is 13.0. The van der Waals surface area contributed by atoms with Crippen molar-refractivity contribution < 1.29 is 4.39 Å². The summed E-state index contributed by atoms with van der Waals surface area (Å²) >= 11 is 0. The number of pyridine rings is 1. The van der Waals surface area contributed by atoms with Crippen LogP contribution >= 0.6 is 0 Å². The molecule has 1 aromatic heterocycles. The van der Waals surface area contributed by atoms with E-state index in [2.05, 4.69) is 16.4 Å². The molecule has 0 radical (unpaired) electrons. The minimum absolute atomic E-state index is 0.153. The Hall–Kier alpha value is -1.22. The maximum absolute atomic E-state index is 13.0. The first-order chi connectivity index (χ1) is 8.25. The molecule has 1 heterocycles. The van der Waals surface area contributed by atoms with Crippen LogP contribution in [0.2, 0.25) is 0 Å². The molecule has 3 heteroatoms. The first-order valence-electron chi connectivity index (χ1n) is 6.27. The number of allylic oxidation sites excluding steroid dienone is 1. The van der Waals surface area contributed by atoms with Crippen LogP contribution in [-0.2, 0) is 0 Å². The maximum atomic E-state index is 13.0. The predicted octanol–water partition coefficient (Wildman–Crippen LogP) is 3.37. The lowest BCUT2D eigenvalue weighted by atomic mass is 10.1. The molecular formula is C14H19FN2. The van der Waals surface area contributed by atoms with Crippen LogP contribution in [0.25, 0.3) is 0 Å². The highest BCUT2D eigenvalue weighted by Crippen LogP contribution is 2.20. The van der Waals surface area contributed by atoms with E-state index in [1.165, 1.54) is 25.5 Å². The van der Waals surface area contributed by atoms with Crippen molar-refractivity contribution >= 4 is 0 Å². The molecule has 1 aliphatic carbocycles. The highest BCUT2D eigenvalue weighted by atomic mass is 19.1. The standard InChI is InChI=1S/C14H19FN2/c1-11(13-8-14(15)10-16-9-13)17-7-6-12-4-2-3-5-12/h4,8-11,17H,2-3,5-7H2,1H3. The molecule has 2 nitrogen and oxygen atoms in total. The number of nitrogens with one attached hydrogen (secondary N) is 1. The Labute approximate surface area is 102 Å². The first kappa shape index (κ1) is 12.2. The number of halogens is 1. The number of nitrogens with zero attached hydrogens (tertiary/aromatic N) is 1. The van der Waals surface area contributed by atoms with E-state index < -0.39 is 0 Å². The molecule has 0 saturated heterocycles. The lowest BCUT2D eigenvalue weighted by Gasteiger charge is -2.14. The van der Waals surface area contributed by atoms with Crippen molar-refractivity contribution in [2.45, 2.75) is 38.6 Å². The van der Waals surface area contributed by atoms with E-state index in [1.807, 2.05) is 6.92 Å². The lowest BCUT2D eigenvalue weighted by Crippen LogP contribution is -2.20. The van der Waals surface area contributed by atoms with Crippen molar-refractivity contribution in [3.05, 3.63) is 41.5 Å². The summed E-state index contributed by atoms with van der Waals surface area (Å²) in [5.41, 5.74) is 2.47. The number of aromatic nitrogens is 1. The van der Waals surface area contributed by atoms with Gasteiger partial charge in [0.2, 0.25) is 0 Å². The molecule has 2 rings (SSSR count). The predicted molar refractivity (Wildman–Crippen MR) is 67.2 cm³/mol. The highest BCUT2D eigenvalue weighted by molar-refractivity contribution is 5.14. The van der Waals surface area contributed by atoms with Crippen molar-refractivity contribution in [1.29, 1.82) is 0 Å². The highest BCUT2D eigenvalue weighted by Gasteiger charge is 2.08. The summed E-state index contributed by atoms with van der Waals surface area (Å²) in [5, 5.41) is 3.41. The van der Waals surface area contributed by atoms with Crippen LogP contribution in [0, 0.1) is 5.82 Å². The quantitative estimate of drug-likeness (QED) is 0.790. The van der Waals surface area contributed by atoms with Crippen LogP contribution in [0.3, 0.4) is 0 Å². The molecule has 1 atom stereocenters. The third kappa shape index (κ3) is 3.63. The van der Waals surface area contributed by atoms with E-state index in [-0.39, 0.29) is 11.9 Å². The minimum atomic E-state index is -0.269. The zero-order valence-electron chi connectivity index (χ0n) is 10.2. The second-order valence-electron chi connectivity index (χ2n) is 4.62. The van der Waals surface area contributed by atoms with Crippen LogP contribution in [-0.4, -0.2) is 11.5 Å². The van der Waals surface area contributed by atoms with Gasteiger partial charge in [-0.05, 0) is 50.8 Å². The Bertz CT molecular complexity index is 401. The molecule has 17 heavy (non-hydrogen) atoms. The molecule has 1 unspecified atom stereocenters. The number of rotatable bonds is 5. The third-order valence-corrected chi connectivity index (χ3v) is 3.26. The van der Waals surface area contributed by atoms with Gasteiger partial charge in [-0.15, -0.1) is 0 Å². The van der Waals surface area contributed by atoms with Crippen LogP contribution in [0.4, 0.5) is 4.39 Å². The van der Waals surface area contributed by atoms with Crippen LogP contribution in [0.15, 0.2) is 30.1 Å². The molecule has 0 saturated carbocycles. The van der Waals surface area contributed by atoms with E-state index in [9.17, 15) is 4.39 Å². The van der Waals surface area contributed by atoms with E-state index in [1.54, 1.807) is 17.8 Å². The maximum Gasteiger partial charge on any atom is 0.141 e. The van der Waals surface area contributed by atoms with Crippen molar-refractivity contribution in [2.75, 3.05) is 6.54 Å². The second kappa shape index (κ2) is 5.92. The summed E-state index contributed by atoms with van der Waals surface area (Å²) in [7, 11) is 0. The Morgan fingerprint density at radius 2 is 2.35 bits per heavy atom. The molecule has 92 valence electrons. The summed E-state index contributed by atoms with van der Waals surface area (Å²) in [6.07, 6.45) is 10.2. The molecule has 0 spiro atoms. The third-order valence-electron chi connectivity index (χ3n) is 3.26. The molecule has 0 fully saturated rings. The van der Waals surface area contributed by atoms with Gasteiger partial charge in [-0.2, -0.15) is 0 Å². The van der Waals surface area contributed by atoms with Gasteiger partial charge in [-0.3, -0.25) is 4.98 Å². The van der Waals surface area contributed by atoms with Crippen molar-refractivity contribution in [1.82, 2.24) is 10.3 Å². The molecule has 0 aliphatic heterocycles. The van der Waals surface area contributed by atoms with Gasteiger partial charge in [-0.25, -0.2) is 4.39 Å². The summed E-state index contributed by atoms with van der Waals surface area (Å²) in [5.74, 6) is -0.269. The van der Waals surface area contributed by atoms with E-state index >= 15 is 0 Å². The summed E-state index contributed by atoms with van der Waals surface area (Å²) in [4.78, 5) is 3.86. The zero-order chi connectivity index (χ0) is 12.1. The average molecular weight is 234 g/mol. The van der Waals surface area contributed by atoms with Gasteiger partial charge in [0.25, 0.3) is 0 Å². The minimum Gasteiger partial charge on any atom is -0.310 e. The topological polar surface area (TPSA) is 24.9 Å². The summed E-state index contributed by atoms with van der Waals surface area (Å²) in [6.45, 7) is 2.99. The number of hydrogen-bond acceptors (Lipinski definition) is 2. The Morgan fingerprint density at radius 3 is 3.06 bits per heavy atom. The first-order valence-corrected chi connectivity index (χ1v) is 6.27. The Balaban J connectivity index is 1.78. The van der Waals surface area contributed by atoms with E-state index in [0.29, 0.717) is 0 Å². The fraction of sp³-hybridized carbons (Fsp3) is 0.500. The van der Waals surface area contributed by atoms with Gasteiger partial charge in [0.1, 0.15) is 5.82 Å². The van der Waals surface area contributed by atoms with Crippen molar-refractivity contribution in [3.63, 3.8) is 0 Å². The Kier molecular flexibility index (Phi) is 4.26. The molecular weight excluding hydrogens is 215 g/mol. The second-order valence-corrected chi connectivity index (χ2v) is 4.62. The lowest BCUT2D eigenvalue weighted by molar-refractivity contribution is 0.560. The van der Waals surface area contributed by atoms with Gasteiger partial charge in [0, 0.05) is 12.2 Å². The van der Waals surface area contributed by atoms with Gasteiger partial charge >= 0.3 is 0 Å². The van der Waals surface area contributed by atoms with Gasteiger partial charge in [0.05, 0.1) is 6.20 Å². The van der Waals surface area contributed by atoms with Gasteiger partial charge in [0.15, 0.2) is 0 Å². The Morgan fingerprint density at radius 1 is 1.47 bits per heavy atom. The van der Waals surface area contributed by atoms with Crippen LogP contribution < -0.4 is 5.32 Å². The van der Waals surface area contributed by atoms with Crippen molar-refractivity contribution in [3.8, 4) is 0 Å². The van der Waals surface area contributed by atoms with Gasteiger partial charge < -0.3 is 5.32 Å². The summed E-state index contributed by atoms with van der Waals surface area (Å²) in [6, 6.07) is 1.69. The molecule has 0 bridgehead atoms. The van der Waals surface area contributed by atoms with Crippen LogP contribution in [0.1, 0.15) is 44.2 Å². The van der Waals surface area contributed by atoms with Gasteiger partial charge in [-0.1, -0.05) is 11.6 Å². The molecule has 0 amide bonds. The molecule has 1 N–H and O–H groups in total. The molecule has 1 aromatic rings. The van der Waals surface area contributed by atoms with E-state index in [0.717, 1.165) is 18.5 Å². The van der Waals surface area contributed by atoms with E-state index in [4.69, 9.17) is 0 Å². The number of hydrogen-bond donors (Lipinski definition) is 1. The average Bonchev–Trinajstić information content (AvgIpc) is 2.82. The normalized spacial score (nSPS) is 16.9. The fourth-order valence-corrected chi connectivity index (χ4v) is 2.20. The van der Waals surface area contributed by atoms with Crippen molar-refractivity contribution in [2.24, 2.45) is 0 Å². The van der Waals surface area contributed by atoms with Crippen LogP contribution in [0.5, 0.6) is 0 Å². The monoisotopic (exact) mass is 234 g/mol.